The number of unbranched alkanes of at least 4 members (excludes halogenated alkanes) is 1. The van der Waals surface area contributed by atoms with Gasteiger partial charge in [-0.3, -0.25) is 57.7 Å². The van der Waals surface area contributed by atoms with Gasteiger partial charge in [0.2, 0.25) is 29.5 Å². The van der Waals surface area contributed by atoms with Crippen LogP contribution >= 0.6 is 0 Å². The van der Waals surface area contributed by atoms with Gasteiger partial charge in [-0.05, 0) is 146 Å². The number of esters is 2. The highest BCUT2D eigenvalue weighted by atomic mass is 16.5. The highest BCUT2D eigenvalue weighted by Gasteiger charge is 2.36. The number of Topliss-reactive ketones (excluding diaryl/α,β-unsaturated/α-hetero) is 3. The molecule has 0 heterocycles. The molecule has 0 aliphatic rings. The lowest BCUT2D eigenvalue weighted by molar-refractivity contribution is -0.145. The summed E-state index contributed by atoms with van der Waals surface area (Å²) in [6, 6.07) is 0. The van der Waals surface area contributed by atoms with E-state index in [2.05, 4.69) is 179 Å². The van der Waals surface area contributed by atoms with Gasteiger partial charge in [-0.2, -0.15) is 0 Å². The standard InChI is InChI=1S/C103H193N17O12/c1-21-29-36-42-53-117(54-43-37-30-22-2)75-77-119(57-46-40-33-25-5)79-81-131-99(126)48-59-107(11)63-65-111(15)68-72-113(17)97(124)88-91(96(123)87-93(103(130)116(20)73-69-110(14)62-52-105-10)86-95(122)85-92(101(128)106-50-35-27-7)89-98(125)114(18)71-67-109(13)61-51-104-9)84-94(121)83-90(28-8)102(129)115(19)74-70-112(16)66-64-108(12)60-49-100(127)132-82-80-120(58-47-41-34-26-6)78-76-118(55-44-38-31-23-3)56-45-39-32-24-4/h29-34,36-41,90-93,104-105H,21-28,35,42-89H2,1-20H3,(H,106,128)/b36-29-,37-30-,38-31-,39-32-,40-33-,41-34-. The fourth-order valence-electron chi connectivity index (χ4n) is 14.9. The molecule has 0 spiro atoms. The van der Waals surface area contributed by atoms with Gasteiger partial charge < -0.3 is 84.2 Å². The van der Waals surface area contributed by atoms with Gasteiger partial charge >= 0.3 is 11.9 Å². The number of hydrogen-bond acceptors (Lipinski definition) is 24. The number of carbonyl (C=O) groups is 10. The maximum absolute atomic E-state index is 15.4. The molecular formula is C103H193N17O12. The van der Waals surface area contributed by atoms with E-state index in [1.165, 1.54) is 9.80 Å². The van der Waals surface area contributed by atoms with E-state index in [4.69, 9.17) is 9.47 Å². The van der Waals surface area contributed by atoms with Crippen LogP contribution in [-0.2, 0) is 57.4 Å². The van der Waals surface area contributed by atoms with Crippen molar-refractivity contribution in [3.05, 3.63) is 72.9 Å². The van der Waals surface area contributed by atoms with E-state index in [1.54, 1.807) is 38.0 Å². The second-order valence-corrected chi connectivity index (χ2v) is 36.3. The molecule has 132 heavy (non-hydrogen) atoms. The largest absolute Gasteiger partial charge is 0.464 e. The first kappa shape index (κ1) is 125. The van der Waals surface area contributed by atoms with Crippen molar-refractivity contribution >= 4 is 58.8 Å². The smallest absolute Gasteiger partial charge is 0.307 e. The molecule has 0 radical (unpaired) electrons. The number of rotatable bonds is 88. The van der Waals surface area contributed by atoms with E-state index in [1.807, 2.05) is 70.2 Å². The Morgan fingerprint density at radius 3 is 0.902 bits per heavy atom. The van der Waals surface area contributed by atoms with Gasteiger partial charge in [0.25, 0.3) is 0 Å². The number of ether oxygens (including phenoxy) is 2. The molecule has 0 fully saturated rings. The van der Waals surface area contributed by atoms with Crippen molar-refractivity contribution in [3.8, 4) is 0 Å². The van der Waals surface area contributed by atoms with E-state index in [-0.39, 0.29) is 75.4 Å². The summed E-state index contributed by atoms with van der Waals surface area (Å²) in [5, 5.41) is 9.20. The molecule has 762 valence electrons. The molecule has 3 N–H and O–H groups in total. The zero-order chi connectivity index (χ0) is 98.5. The summed E-state index contributed by atoms with van der Waals surface area (Å²) < 4.78 is 11.7. The minimum atomic E-state index is -1.25. The number of nitrogens with zero attached hydrogens (tertiary/aromatic N) is 14. The summed E-state index contributed by atoms with van der Waals surface area (Å²) in [5.74, 6) is -8.10. The Labute approximate surface area is 803 Å². The molecule has 29 heteroatoms. The van der Waals surface area contributed by atoms with Gasteiger partial charge in [0.1, 0.15) is 30.6 Å². The van der Waals surface area contributed by atoms with Crippen molar-refractivity contribution in [1.82, 2.24) is 84.5 Å². The van der Waals surface area contributed by atoms with Crippen LogP contribution in [0.1, 0.15) is 209 Å². The minimum Gasteiger partial charge on any atom is -0.464 e. The van der Waals surface area contributed by atoms with Crippen molar-refractivity contribution in [1.29, 1.82) is 0 Å². The predicted octanol–water partition coefficient (Wildman–Crippen LogP) is 10.3. The summed E-state index contributed by atoms with van der Waals surface area (Å²) in [5.41, 5.74) is 0. The van der Waals surface area contributed by atoms with Gasteiger partial charge in [-0.15, -0.1) is 0 Å². The molecule has 0 aliphatic heterocycles. The van der Waals surface area contributed by atoms with Crippen LogP contribution in [0.25, 0.3) is 0 Å². The SMILES string of the molecule is CC/C=C\CCN(CC/C=C\CC)CCN(CC/C=C\CC)CCOC(=O)CCN(C)CCN(C)CCN(C)C(=O)CC(CC(=O)CC(CC)C(=O)N(C)CCN(C)CCN(C)CCC(=O)OCCN(CC/C=C\CC)CCN(CC/C=C\CC)CC/C=C\CC)C(=O)CC(CC(=O)CC(CC(=O)N(C)CCN(C)CCNC)C(=O)NCCCC)C(=O)N(C)CCN(C)CCNC. The molecule has 0 aliphatic carbocycles. The van der Waals surface area contributed by atoms with Crippen LogP contribution < -0.4 is 16.0 Å². The maximum Gasteiger partial charge on any atom is 0.307 e. The van der Waals surface area contributed by atoms with E-state index < -0.39 is 78.0 Å². The number of likely N-dealkylation sites (N-methyl/N-ethyl adjacent to an activating group) is 12. The first-order valence-electron chi connectivity index (χ1n) is 50.7. The first-order valence-corrected chi connectivity index (χ1v) is 50.7. The number of ketones is 3. The molecule has 0 aromatic heterocycles. The van der Waals surface area contributed by atoms with Crippen molar-refractivity contribution in [3.63, 3.8) is 0 Å². The number of allylic oxidation sites excluding steroid dienone is 6. The van der Waals surface area contributed by atoms with Crippen LogP contribution in [-0.4, -0.2) is 428 Å². The van der Waals surface area contributed by atoms with Crippen LogP contribution in [0, 0.1) is 23.7 Å². The topological polar surface area (TPSA) is 271 Å². The highest BCUT2D eigenvalue weighted by molar-refractivity contribution is 5.97. The van der Waals surface area contributed by atoms with Crippen LogP contribution in [0.5, 0.6) is 0 Å². The average molecular weight is 1860 g/mol. The van der Waals surface area contributed by atoms with E-state index in [0.717, 1.165) is 162 Å². The van der Waals surface area contributed by atoms with Gasteiger partial charge in [0, 0.05) is 288 Å². The molecule has 0 rings (SSSR count). The van der Waals surface area contributed by atoms with Gasteiger partial charge in [-0.25, -0.2) is 0 Å². The second kappa shape index (κ2) is 82.5. The van der Waals surface area contributed by atoms with Gasteiger partial charge in [0.05, 0.1) is 24.7 Å². The Balaban J connectivity index is 6.82. The van der Waals surface area contributed by atoms with E-state index >= 15 is 4.79 Å². The molecule has 0 aromatic carbocycles. The van der Waals surface area contributed by atoms with E-state index in [0.29, 0.717) is 137 Å². The number of hydrogen-bond donors (Lipinski definition) is 3. The summed E-state index contributed by atoms with van der Waals surface area (Å²) in [7, 11) is 22.2. The average Bonchev–Trinajstić information content (AvgIpc) is 0.847. The zero-order valence-corrected chi connectivity index (χ0v) is 87.2. The number of nitrogens with one attached hydrogen (secondary N) is 3. The molecule has 0 saturated carbocycles. The predicted molar refractivity (Wildman–Crippen MR) is 544 cm³/mol. The Morgan fingerprint density at radius 1 is 0.280 bits per heavy atom. The molecule has 0 aromatic rings. The van der Waals surface area contributed by atoms with Gasteiger partial charge in [0.15, 0.2) is 0 Å². The normalized spacial score (nSPS) is 13.2. The van der Waals surface area contributed by atoms with Crippen molar-refractivity contribution < 1.29 is 57.4 Å². The third-order valence-corrected chi connectivity index (χ3v) is 24.4. The highest BCUT2D eigenvalue weighted by Crippen LogP contribution is 2.26. The monoisotopic (exact) mass is 1860 g/mol. The molecule has 5 amide bonds. The summed E-state index contributed by atoms with van der Waals surface area (Å²) in [6.45, 7) is 38.4. The lowest BCUT2D eigenvalue weighted by atomic mass is 9.83. The minimum absolute atomic E-state index is 0.197. The fraction of sp³-hybridized carbons (Fsp3) is 0.786. The molecule has 4 unspecified atom stereocenters. The molecule has 4 atom stereocenters. The third kappa shape index (κ3) is 66.7. The Hall–Kier alpha value is -6.74. The third-order valence-electron chi connectivity index (χ3n) is 24.4. The summed E-state index contributed by atoms with van der Waals surface area (Å²) in [4.78, 5) is 172. The van der Waals surface area contributed by atoms with Crippen LogP contribution in [0.3, 0.4) is 0 Å². The maximum atomic E-state index is 15.4. The van der Waals surface area contributed by atoms with Crippen LogP contribution in [0.2, 0.25) is 0 Å². The van der Waals surface area contributed by atoms with Crippen LogP contribution in [0.15, 0.2) is 72.9 Å². The zero-order valence-electron chi connectivity index (χ0n) is 87.2. The number of amides is 5. The quantitative estimate of drug-likeness (QED) is 0.0290. The van der Waals surface area contributed by atoms with Crippen molar-refractivity contribution in [2.45, 2.75) is 209 Å². The fourth-order valence-corrected chi connectivity index (χ4v) is 14.9. The number of carbonyl (C=O) groups excluding carboxylic acids is 10. The molecule has 0 saturated heterocycles. The lowest BCUT2D eigenvalue weighted by Crippen LogP contribution is -2.42. The Morgan fingerprint density at radius 2 is 0.568 bits per heavy atom. The molecule has 0 bridgehead atoms. The van der Waals surface area contributed by atoms with Crippen molar-refractivity contribution in [2.75, 3.05) is 301 Å². The van der Waals surface area contributed by atoms with Crippen LogP contribution in [0.4, 0.5) is 0 Å². The van der Waals surface area contributed by atoms with Gasteiger partial charge in [-0.1, -0.05) is 135 Å². The molecular weight excluding hydrogens is 1670 g/mol. The molecule has 29 nitrogen and oxygen atoms in total. The van der Waals surface area contributed by atoms with E-state index in [9.17, 15) is 43.2 Å². The Kier molecular flexibility index (Phi) is 78.3. The second-order valence-electron chi connectivity index (χ2n) is 36.3. The lowest BCUT2D eigenvalue weighted by Gasteiger charge is -2.28. The Bertz CT molecular complexity index is 3200. The summed E-state index contributed by atoms with van der Waals surface area (Å²) >= 11 is 0. The first-order chi connectivity index (χ1) is 63.4. The van der Waals surface area contributed by atoms with Crippen molar-refractivity contribution in [2.24, 2.45) is 23.7 Å². The summed E-state index contributed by atoms with van der Waals surface area (Å²) in [6.07, 6.45) is 38.8.